The molecule has 4 aromatic carbocycles. The van der Waals surface area contributed by atoms with Crippen LogP contribution in [0.4, 0.5) is 0 Å². The second-order valence-electron chi connectivity index (χ2n) is 7.58. The zero-order valence-corrected chi connectivity index (χ0v) is 20.1. The van der Waals surface area contributed by atoms with Gasteiger partial charge in [0.25, 0.3) is 5.91 Å². The van der Waals surface area contributed by atoms with Gasteiger partial charge in [0.15, 0.2) is 5.60 Å². The van der Waals surface area contributed by atoms with Gasteiger partial charge in [-0.25, -0.2) is 10.2 Å². The molecule has 4 rings (SSSR count). The molecule has 0 aromatic heterocycles. The number of ether oxygens (including phenoxy) is 1. The molecule has 6 nitrogen and oxygen atoms in total. The van der Waals surface area contributed by atoms with Crippen molar-refractivity contribution >= 4 is 34.0 Å². The molecule has 0 aliphatic heterocycles. The molecule has 7 heteroatoms. The van der Waals surface area contributed by atoms with Crippen molar-refractivity contribution in [1.82, 2.24) is 5.43 Å². The number of amides is 1. The van der Waals surface area contributed by atoms with Crippen LogP contribution >= 0.6 is 15.9 Å². The van der Waals surface area contributed by atoms with Gasteiger partial charge in [-0.1, -0.05) is 84.9 Å². The first-order valence-electron chi connectivity index (χ1n) is 10.7. The Balaban J connectivity index is 1.50. The average molecular weight is 529 g/mol. The molecule has 0 saturated carbocycles. The van der Waals surface area contributed by atoms with E-state index in [1.54, 1.807) is 103 Å². The van der Waals surface area contributed by atoms with Crippen LogP contribution in [0.15, 0.2) is 119 Å². The van der Waals surface area contributed by atoms with Crippen molar-refractivity contribution in [3.8, 4) is 5.75 Å². The minimum absolute atomic E-state index is 0.325. The maximum atomic E-state index is 13.1. The molecular weight excluding hydrogens is 508 g/mol. The summed E-state index contributed by atoms with van der Waals surface area (Å²) in [6, 6.07) is 31.0. The van der Waals surface area contributed by atoms with E-state index in [1.165, 1.54) is 6.21 Å². The quantitative estimate of drug-likeness (QED) is 0.152. The van der Waals surface area contributed by atoms with E-state index in [4.69, 9.17) is 4.74 Å². The third-order valence-electron chi connectivity index (χ3n) is 5.25. The highest BCUT2D eigenvalue weighted by atomic mass is 79.9. The summed E-state index contributed by atoms with van der Waals surface area (Å²) in [6.07, 6.45) is 1.41. The summed E-state index contributed by atoms with van der Waals surface area (Å²) in [6.45, 7) is 0. The van der Waals surface area contributed by atoms with Crippen molar-refractivity contribution in [3.63, 3.8) is 0 Å². The maximum Gasteiger partial charge on any atom is 0.344 e. The topological polar surface area (TPSA) is 88.0 Å². The molecule has 174 valence electrons. The molecule has 0 spiro atoms. The van der Waals surface area contributed by atoms with Crippen LogP contribution in [0, 0.1) is 0 Å². The van der Waals surface area contributed by atoms with Gasteiger partial charge in [-0.3, -0.25) is 4.79 Å². The number of nitrogens with zero attached hydrogens (tertiary/aromatic N) is 1. The predicted octanol–water partition coefficient (Wildman–Crippen LogP) is 5.05. The van der Waals surface area contributed by atoms with E-state index in [9.17, 15) is 14.7 Å². The van der Waals surface area contributed by atoms with Gasteiger partial charge in [-0.2, -0.15) is 5.10 Å². The molecule has 1 amide bonds. The lowest BCUT2D eigenvalue weighted by Gasteiger charge is -2.27. The van der Waals surface area contributed by atoms with Crippen LogP contribution in [0.1, 0.15) is 27.0 Å². The summed E-state index contributed by atoms with van der Waals surface area (Å²) in [5.74, 6) is -0.885. The van der Waals surface area contributed by atoms with E-state index < -0.39 is 17.5 Å². The first kappa shape index (κ1) is 24.1. The molecular formula is C28H21BrN2O4. The molecule has 0 bridgehead atoms. The molecule has 0 radical (unpaired) electrons. The number of hydrogen-bond donors (Lipinski definition) is 2. The summed E-state index contributed by atoms with van der Waals surface area (Å²) in [5, 5.41) is 15.5. The van der Waals surface area contributed by atoms with Crippen LogP contribution in [-0.4, -0.2) is 23.2 Å². The van der Waals surface area contributed by atoms with Crippen LogP contribution in [0.2, 0.25) is 0 Å². The summed E-state index contributed by atoms with van der Waals surface area (Å²) >= 11 is 3.34. The molecule has 0 aliphatic carbocycles. The first-order chi connectivity index (χ1) is 17.0. The van der Waals surface area contributed by atoms with Crippen molar-refractivity contribution in [2.45, 2.75) is 5.60 Å². The second kappa shape index (κ2) is 10.9. The molecule has 0 saturated heterocycles. The number of nitrogens with one attached hydrogen (secondary N) is 1. The molecule has 0 atom stereocenters. The number of carbonyl (C=O) groups is 2. The normalized spacial score (nSPS) is 11.3. The zero-order chi connectivity index (χ0) is 24.7. The largest absolute Gasteiger partial charge is 0.423 e. The number of esters is 1. The van der Waals surface area contributed by atoms with Crippen LogP contribution in [0.3, 0.4) is 0 Å². The number of halogens is 1. The fourth-order valence-corrected chi connectivity index (χ4v) is 3.93. The lowest BCUT2D eigenvalue weighted by atomic mass is 9.85. The summed E-state index contributed by atoms with van der Waals surface area (Å²) in [7, 11) is 0. The molecule has 0 unspecified atom stereocenters. The Morgan fingerprint density at radius 3 is 2.06 bits per heavy atom. The third kappa shape index (κ3) is 5.54. The molecule has 0 fully saturated rings. The van der Waals surface area contributed by atoms with E-state index in [2.05, 4.69) is 26.5 Å². The highest BCUT2D eigenvalue weighted by Gasteiger charge is 2.39. The van der Waals surface area contributed by atoms with E-state index in [0.717, 1.165) is 0 Å². The number of hydrogen-bond acceptors (Lipinski definition) is 5. The van der Waals surface area contributed by atoms with Gasteiger partial charge in [-0.15, -0.1) is 0 Å². The highest BCUT2D eigenvalue weighted by molar-refractivity contribution is 9.10. The Hall–Kier alpha value is -4.07. The van der Waals surface area contributed by atoms with Gasteiger partial charge in [0.1, 0.15) is 5.75 Å². The third-order valence-corrected chi connectivity index (χ3v) is 5.95. The minimum Gasteiger partial charge on any atom is -0.423 e. The number of aliphatic hydroxyl groups is 1. The zero-order valence-electron chi connectivity index (χ0n) is 18.5. The van der Waals surface area contributed by atoms with Gasteiger partial charge in [0.05, 0.1) is 11.8 Å². The first-order valence-corrected chi connectivity index (χ1v) is 11.5. The van der Waals surface area contributed by atoms with Gasteiger partial charge in [0.2, 0.25) is 0 Å². The van der Waals surface area contributed by atoms with Crippen LogP contribution < -0.4 is 10.2 Å². The van der Waals surface area contributed by atoms with Crippen LogP contribution in [0.5, 0.6) is 5.75 Å². The van der Waals surface area contributed by atoms with Gasteiger partial charge < -0.3 is 9.84 Å². The maximum absolute atomic E-state index is 13.1. The Bertz CT molecular complexity index is 1320. The fourth-order valence-electron chi connectivity index (χ4n) is 3.48. The van der Waals surface area contributed by atoms with Crippen molar-refractivity contribution in [2.24, 2.45) is 5.10 Å². The summed E-state index contributed by atoms with van der Waals surface area (Å²) < 4.78 is 6.10. The van der Waals surface area contributed by atoms with Crippen molar-refractivity contribution < 1.29 is 19.4 Å². The van der Waals surface area contributed by atoms with Crippen molar-refractivity contribution in [3.05, 3.63) is 136 Å². The van der Waals surface area contributed by atoms with E-state index in [0.29, 0.717) is 32.5 Å². The van der Waals surface area contributed by atoms with Gasteiger partial charge in [-0.05, 0) is 56.9 Å². The van der Waals surface area contributed by atoms with Crippen molar-refractivity contribution in [1.29, 1.82) is 0 Å². The van der Waals surface area contributed by atoms with Crippen LogP contribution in [0.25, 0.3) is 0 Å². The number of rotatable bonds is 7. The van der Waals surface area contributed by atoms with Gasteiger partial charge >= 0.3 is 5.97 Å². The molecule has 4 aromatic rings. The average Bonchev–Trinajstić information content (AvgIpc) is 2.89. The monoisotopic (exact) mass is 528 g/mol. The lowest BCUT2D eigenvalue weighted by Crippen LogP contribution is -2.43. The molecule has 0 aliphatic rings. The molecule has 2 N–H and O–H groups in total. The summed E-state index contributed by atoms with van der Waals surface area (Å²) in [4.78, 5) is 25.6. The molecule has 35 heavy (non-hydrogen) atoms. The number of benzene rings is 4. The van der Waals surface area contributed by atoms with E-state index >= 15 is 0 Å². The summed E-state index contributed by atoms with van der Waals surface area (Å²) in [5.41, 5.74) is 2.32. The Labute approximate surface area is 211 Å². The van der Waals surface area contributed by atoms with Crippen LogP contribution in [-0.2, 0) is 10.4 Å². The molecule has 0 heterocycles. The highest BCUT2D eigenvalue weighted by Crippen LogP contribution is 2.30. The fraction of sp³-hybridized carbons (Fsp3) is 0.0357. The van der Waals surface area contributed by atoms with E-state index in [1.807, 2.05) is 6.07 Å². The van der Waals surface area contributed by atoms with Crippen molar-refractivity contribution in [2.75, 3.05) is 0 Å². The van der Waals surface area contributed by atoms with Gasteiger partial charge in [0, 0.05) is 4.47 Å². The second-order valence-corrected chi connectivity index (χ2v) is 8.44. The Kier molecular flexibility index (Phi) is 7.50. The smallest absolute Gasteiger partial charge is 0.344 e. The van der Waals surface area contributed by atoms with E-state index in [-0.39, 0.29) is 0 Å². The number of hydrazone groups is 1. The number of carbonyl (C=O) groups excluding carboxylic acids is 2. The predicted molar refractivity (Wildman–Crippen MR) is 137 cm³/mol. The standard InChI is InChI=1S/C28H21BrN2O4/c29-25-17-8-7-16-24(25)26(32)35-23-15-9-10-20(18-23)19-30-31-27(33)28(34,21-11-3-1-4-12-21)22-13-5-2-6-14-22/h1-19,34H,(H,31,33)/b30-19-. The SMILES string of the molecule is O=C(Oc1cccc(/C=N\NC(=O)C(O)(c2ccccc2)c2ccccc2)c1)c1ccccc1Br. The lowest BCUT2D eigenvalue weighted by molar-refractivity contribution is -0.136. The Morgan fingerprint density at radius 2 is 1.43 bits per heavy atom. The minimum atomic E-state index is -1.93. The Morgan fingerprint density at radius 1 is 0.829 bits per heavy atom.